The molecule has 0 spiro atoms. The fourth-order valence-electron chi connectivity index (χ4n) is 3.82. The first-order chi connectivity index (χ1) is 16.7. The minimum Gasteiger partial charge on any atom is -0.382 e. The van der Waals surface area contributed by atoms with E-state index in [-0.39, 0.29) is 6.10 Å². The molecule has 3 N–H and O–H groups in total. The number of hydrogen-bond donors (Lipinski definition) is 2. The van der Waals surface area contributed by atoms with Crippen LogP contribution in [0.4, 0.5) is 5.82 Å². The Hall–Kier alpha value is -1.86. The molecule has 0 saturated carbocycles. The van der Waals surface area contributed by atoms with Crippen LogP contribution in [0, 0.1) is 11.8 Å². The molecule has 3 atom stereocenters. The van der Waals surface area contributed by atoms with Crippen molar-refractivity contribution in [2.45, 2.75) is 83.5 Å². The van der Waals surface area contributed by atoms with Gasteiger partial charge < -0.3 is 24.6 Å². The lowest BCUT2D eigenvalue weighted by molar-refractivity contribution is -0.0825. The first-order valence-electron chi connectivity index (χ1n) is 12.0. The number of anilines is 1. The summed E-state index contributed by atoms with van der Waals surface area (Å²) in [6.45, 7) is 7.56. The molecule has 0 bridgehead atoms. The fourth-order valence-corrected chi connectivity index (χ4v) is 4.52. The number of rotatable bonds is 16. The molecule has 1 aliphatic rings. The zero-order valence-corrected chi connectivity index (χ0v) is 20.9. The highest BCUT2D eigenvalue weighted by molar-refractivity contribution is 7.40. The SMILES string of the molecule is C#N.CCCCCCCCCOCCCOP(O)OC1CCC(c2ccc3c(N)ncnn23)O1. The number of hydrogen-bond acceptors (Lipinski definition) is 9. The summed E-state index contributed by atoms with van der Waals surface area (Å²) in [4.78, 5) is 14.1. The van der Waals surface area contributed by atoms with Crippen molar-refractivity contribution in [3.63, 3.8) is 0 Å². The number of nitrogens with two attached hydrogens (primary N) is 1. The molecule has 0 aliphatic carbocycles. The first kappa shape index (κ1) is 28.4. The molecular weight excluding hydrogens is 457 g/mol. The molecule has 10 nitrogen and oxygen atoms in total. The van der Waals surface area contributed by atoms with E-state index in [2.05, 4.69) is 23.6 Å². The highest BCUT2D eigenvalue weighted by atomic mass is 31.2. The Morgan fingerprint density at radius 1 is 1.12 bits per heavy atom. The van der Waals surface area contributed by atoms with E-state index in [1.165, 1.54) is 44.9 Å². The van der Waals surface area contributed by atoms with Crippen LogP contribution in [-0.2, 0) is 18.5 Å². The summed E-state index contributed by atoms with van der Waals surface area (Å²) in [5.41, 5.74) is 7.52. The van der Waals surface area contributed by atoms with E-state index >= 15 is 0 Å². The van der Waals surface area contributed by atoms with E-state index < -0.39 is 14.9 Å². The average molecular weight is 496 g/mol. The summed E-state index contributed by atoms with van der Waals surface area (Å²) in [6, 6.07) is 3.80. The molecule has 2 aromatic heterocycles. The van der Waals surface area contributed by atoms with Gasteiger partial charge in [-0.05, 0) is 31.4 Å². The number of nitrogens with zero attached hydrogens (tertiary/aromatic N) is 4. The molecule has 1 fully saturated rings. The minimum atomic E-state index is -1.98. The highest BCUT2D eigenvalue weighted by Gasteiger charge is 2.31. The van der Waals surface area contributed by atoms with Crippen LogP contribution in [0.3, 0.4) is 0 Å². The maximum absolute atomic E-state index is 10.1. The van der Waals surface area contributed by atoms with Crippen LogP contribution in [0.25, 0.3) is 5.52 Å². The van der Waals surface area contributed by atoms with Gasteiger partial charge in [-0.25, -0.2) is 14.8 Å². The Morgan fingerprint density at radius 3 is 2.65 bits per heavy atom. The Balaban J connectivity index is 0.00000199. The molecule has 1 saturated heterocycles. The standard InChI is InChI=1S/C22H37N4O5P.CHN/c1-2-3-4-5-6-7-8-14-28-15-9-16-29-32(27)31-21-13-12-20(30-21)18-10-11-19-22(23)24-17-25-26(18)19;1-2/h10-11,17,20-21,27H,2-9,12-16H2,1H3,(H2,23,24,25);1H. The van der Waals surface area contributed by atoms with Crippen LogP contribution in [0.2, 0.25) is 0 Å². The highest BCUT2D eigenvalue weighted by Crippen LogP contribution is 2.42. The predicted molar refractivity (Wildman–Crippen MR) is 131 cm³/mol. The second-order valence-electron chi connectivity index (χ2n) is 8.10. The number of unbranched alkanes of at least 4 members (excludes halogenated alkanes) is 6. The van der Waals surface area contributed by atoms with Crippen molar-refractivity contribution in [3.05, 3.63) is 24.2 Å². The zero-order valence-electron chi connectivity index (χ0n) is 20.1. The van der Waals surface area contributed by atoms with Gasteiger partial charge in [-0.3, -0.25) is 4.52 Å². The quantitative estimate of drug-likeness (QED) is 0.242. The summed E-state index contributed by atoms with van der Waals surface area (Å²) in [5.74, 6) is 0.427. The molecule has 0 radical (unpaired) electrons. The Labute approximate surface area is 203 Å². The molecule has 11 heteroatoms. The largest absolute Gasteiger partial charge is 0.382 e. The summed E-state index contributed by atoms with van der Waals surface area (Å²) in [5, 5.41) is 10.8. The predicted octanol–water partition coefficient (Wildman–Crippen LogP) is 5.04. The average Bonchev–Trinajstić information content (AvgIpc) is 3.49. The van der Waals surface area contributed by atoms with Gasteiger partial charge in [-0.15, -0.1) is 0 Å². The summed E-state index contributed by atoms with van der Waals surface area (Å²) in [6.07, 6.45) is 11.8. The van der Waals surface area contributed by atoms with E-state index in [4.69, 9.17) is 29.5 Å². The van der Waals surface area contributed by atoms with E-state index in [1.54, 1.807) is 4.52 Å². The lowest BCUT2D eigenvalue weighted by Crippen LogP contribution is -2.11. The number of ether oxygens (including phenoxy) is 2. The van der Waals surface area contributed by atoms with Crippen LogP contribution in [0.5, 0.6) is 0 Å². The Bertz CT molecular complexity index is 836. The number of nitrogen functional groups attached to an aromatic ring is 1. The van der Waals surface area contributed by atoms with Gasteiger partial charge in [0.15, 0.2) is 12.1 Å². The lowest BCUT2D eigenvalue weighted by atomic mass is 10.1. The van der Waals surface area contributed by atoms with Gasteiger partial charge in [0.05, 0.1) is 12.3 Å². The van der Waals surface area contributed by atoms with Crippen molar-refractivity contribution in [1.82, 2.24) is 14.6 Å². The molecule has 3 rings (SSSR count). The van der Waals surface area contributed by atoms with Crippen molar-refractivity contribution in [2.24, 2.45) is 0 Å². The normalized spacial score (nSPS) is 18.6. The second-order valence-corrected chi connectivity index (χ2v) is 9.04. The lowest BCUT2D eigenvalue weighted by Gasteiger charge is -2.17. The molecule has 190 valence electrons. The third-order valence-electron chi connectivity index (χ3n) is 5.56. The van der Waals surface area contributed by atoms with Crippen LogP contribution >= 0.6 is 8.60 Å². The molecule has 0 aromatic carbocycles. The summed E-state index contributed by atoms with van der Waals surface area (Å²) >= 11 is 0. The maximum atomic E-state index is 10.1. The summed E-state index contributed by atoms with van der Waals surface area (Å²) < 4.78 is 24.3. The van der Waals surface area contributed by atoms with Crippen molar-refractivity contribution < 1.29 is 23.4 Å². The maximum Gasteiger partial charge on any atom is 0.332 e. The number of nitriles is 1. The van der Waals surface area contributed by atoms with E-state index in [0.29, 0.717) is 25.5 Å². The van der Waals surface area contributed by atoms with Crippen molar-refractivity contribution in [3.8, 4) is 6.57 Å². The third kappa shape index (κ3) is 9.41. The molecule has 1 aliphatic heterocycles. The molecule has 3 heterocycles. The summed E-state index contributed by atoms with van der Waals surface area (Å²) in [7, 11) is -1.98. The zero-order chi connectivity index (χ0) is 24.6. The van der Waals surface area contributed by atoms with E-state index in [1.807, 2.05) is 12.1 Å². The van der Waals surface area contributed by atoms with Gasteiger partial charge in [-0.2, -0.15) is 5.10 Å². The van der Waals surface area contributed by atoms with Crippen LogP contribution in [0.1, 0.15) is 82.9 Å². The van der Waals surface area contributed by atoms with E-state index in [0.717, 1.165) is 37.1 Å². The van der Waals surface area contributed by atoms with Crippen molar-refractivity contribution in [1.29, 1.82) is 5.26 Å². The molecule has 3 unspecified atom stereocenters. The van der Waals surface area contributed by atoms with Gasteiger partial charge in [0, 0.05) is 26.2 Å². The van der Waals surface area contributed by atoms with Gasteiger partial charge in [-0.1, -0.05) is 45.4 Å². The number of fused-ring (bicyclic) bond motifs is 1. The van der Waals surface area contributed by atoms with Crippen molar-refractivity contribution in [2.75, 3.05) is 25.6 Å². The third-order valence-corrected chi connectivity index (χ3v) is 6.38. The molecule has 2 aromatic rings. The first-order valence-corrected chi connectivity index (χ1v) is 13.2. The Morgan fingerprint density at radius 2 is 1.85 bits per heavy atom. The minimum absolute atomic E-state index is 0.180. The molecule has 0 amide bonds. The van der Waals surface area contributed by atoms with Crippen LogP contribution in [-0.4, -0.2) is 45.6 Å². The van der Waals surface area contributed by atoms with E-state index in [9.17, 15) is 4.89 Å². The van der Waals surface area contributed by atoms with Gasteiger partial charge in [0.1, 0.15) is 17.9 Å². The monoisotopic (exact) mass is 495 g/mol. The van der Waals surface area contributed by atoms with Crippen molar-refractivity contribution >= 4 is 19.9 Å². The van der Waals surface area contributed by atoms with Crippen LogP contribution < -0.4 is 5.73 Å². The Kier molecular flexibility index (Phi) is 14.0. The fraction of sp³-hybridized carbons (Fsp3) is 0.696. The van der Waals surface area contributed by atoms with Gasteiger partial charge in [0.25, 0.3) is 0 Å². The molecule has 34 heavy (non-hydrogen) atoms. The second kappa shape index (κ2) is 16.7. The van der Waals surface area contributed by atoms with Gasteiger partial charge >= 0.3 is 8.60 Å². The molecular formula is C23H38N5O5P. The van der Waals surface area contributed by atoms with Gasteiger partial charge in [0.2, 0.25) is 0 Å². The van der Waals surface area contributed by atoms with Crippen LogP contribution in [0.15, 0.2) is 18.5 Å². The number of aromatic nitrogens is 3. The topological polar surface area (TPSA) is 137 Å². The smallest absolute Gasteiger partial charge is 0.332 e.